The largest absolute Gasteiger partial charge is 0.481 e. The summed E-state index contributed by atoms with van der Waals surface area (Å²) in [7, 11) is 0. The molecular formula is C18H24N2O4. The molecule has 1 heterocycles. The Morgan fingerprint density at radius 1 is 1.38 bits per heavy atom. The van der Waals surface area contributed by atoms with Crippen LogP contribution >= 0.6 is 0 Å². The van der Waals surface area contributed by atoms with Gasteiger partial charge < -0.3 is 15.3 Å². The standard InChI is InChI=1S/C18H24N2O4/c1-11(7-17(22)23)9-19-18(24)14-8-16(21)20(10-14)15-6-4-5-12(2)13(15)3/h4-6,11,14H,7-10H2,1-3H3,(H,19,24)(H,22,23). The lowest BCUT2D eigenvalue weighted by Gasteiger charge is -2.20. The summed E-state index contributed by atoms with van der Waals surface area (Å²) >= 11 is 0. The van der Waals surface area contributed by atoms with Crippen molar-refractivity contribution in [2.24, 2.45) is 11.8 Å². The molecule has 1 aliphatic heterocycles. The number of carbonyl (C=O) groups excluding carboxylic acids is 2. The molecule has 6 heteroatoms. The maximum Gasteiger partial charge on any atom is 0.303 e. The molecule has 1 saturated heterocycles. The number of carboxylic acids is 1. The van der Waals surface area contributed by atoms with Gasteiger partial charge in [0.1, 0.15) is 0 Å². The normalized spacial score (nSPS) is 18.5. The minimum absolute atomic E-state index is 0.0124. The van der Waals surface area contributed by atoms with Crippen molar-refractivity contribution in [2.75, 3.05) is 18.0 Å². The zero-order valence-corrected chi connectivity index (χ0v) is 14.3. The van der Waals surface area contributed by atoms with Crippen molar-refractivity contribution >= 4 is 23.5 Å². The van der Waals surface area contributed by atoms with E-state index in [0.717, 1.165) is 16.8 Å². The molecule has 130 valence electrons. The van der Waals surface area contributed by atoms with Gasteiger partial charge in [0.05, 0.1) is 5.92 Å². The molecule has 0 saturated carbocycles. The van der Waals surface area contributed by atoms with Crippen molar-refractivity contribution in [3.05, 3.63) is 29.3 Å². The van der Waals surface area contributed by atoms with Crippen LogP contribution in [0.3, 0.4) is 0 Å². The fourth-order valence-electron chi connectivity index (χ4n) is 2.93. The van der Waals surface area contributed by atoms with Crippen LogP contribution in [0.15, 0.2) is 18.2 Å². The Hall–Kier alpha value is -2.37. The number of nitrogens with one attached hydrogen (secondary N) is 1. The molecular weight excluding hydrogens is 308 g/mol. The number of benzene rings is 1. The van der Waals surface area contributed by atoms with Crippen LogP contribution in [0.1, 0.15) is 30.9 Å². The van der Waals surface area contributed by atoms with Crippen molar-refractivity contribution in [2.45, 2.75) is 33.6 Å². The number of rotatable bonds is 6. The Balaban J connectivity index is 1.98. The van der Waals surface area contributed by atoms with E-state index >= 15 is 0 Å². The van der Waals surface area contributed by atoms with E-state index in [-0.39, 0.29) is 30.6 Å². The quantitative estimate of drug-likeness (QED) is 0.833. The predicted octanol–water partition coefficient (Wildman–Crippen LogP) is 1.88. The molecule has 0 radical (unpaired) electrons. The highest BCUT2D eigenvalue weighted by molar-refractivity contribution is 6.00. The van der Waals surface area contributed by atoms with Gasteiger partial charge >= 0.3 is 5.97 Å². The summed E-state index contributed by atoms with van der Waals surface area (Å²) in [6.45, 7) is 6.41. The fraction of sp³-hybridized carbons (Fsp3) is 0.500. The van der Waals surface area contributed by atoms with Crippen LogP contribution < -0.4 is 10.2 Å². The summed E-state index contributed by atoms with van der Waals surface area (Å²) in [5.41, 5.74) is 3.01. The SMILES string of the molecule is Cc1cccc(N2CC(C(=O)NCC(C)CC(=O)O)CC2=O)c1C. The average Bonchev–Trinajstić information content (AvgIpc) is 2.89. The van der Waals surface area contributed by atoms with Gasteiger partial charge in [-0.2, -0.15) is 0 Å². The molecule has 0 spiro atoms. The number of aliphatic carboxylic acids is 1. The van der Waals surface area contributed by atoms with Crippen LogP contribution in [-0.4, -0.2) is 36.0 Å². The molecule has 1 aromatic carbocycles. The molecule has 2 N–H and O–H groups in total. The second kappa shape index (κ2) is 7.47. The summed E-state index contributed by atoms with van der Waals surface area (Å²) in [6.07, 6.45) is 0.199. The number of amides is 2. The predicted molar refractivity (Wildman–Crippen MR) is 90.8 cm³/mol. The molecule has 0 aliphatic carbocycles. The first-order valence-electron chi connectivity index (χ1n) is 8.15. The third-order valence-corrected chi connectivity index (χ3v) is 4.51. The second-order valence-corrected chi connectivity index (χ2v) is 6.57. The molecule has 0 bridgehead atoms. The molecule has 1 aromatic rings. The number of nitrogens with zero attached hydrogens (tertiary/aromatic N) is 1. The topological polar surface area (TPSA) is 86.7 Å². The Morgan fingerprint density at radius 2 is 2.08 bits per heavy atom. The molecule has 1 aliphatic rings. The van der Waals surface area contributed by atoms with Crippen molar-refractivity contribution in [3.8, 4) is 0 Å². The monoisotopic (exact) mass is 332 g/mol. The van der Waals surface area contributed by atoms with E-state index in [9.17, 15) is 14.4 Å². The highest BCUT2D eigenvalue weighted by atomic mass is 16.4. The summed E-state index contributed by atoms with van der Waals surface area (Å²) in [6, 6.07) is 5.80. The van der Waals surface area contributed by atoms with Gasteiger partial charge in [0.15, 0.2) is 0 Å². The number of carboxylic acid groups (broad SMARTS) is 1. The first kappa shape index (κ1) is 18.0. The minimum Gasteiger partial charge on any atom is -0.481 e. The second-order valence-electron chi connectivity index (χ2n) is 6.57. The first-order valence-corrected chi connectivity index (χ1v) is 8.15. The molecule has 6 nitrogen and oxygen atoms in total. The van der Waals surface area contributed by atoms with Gasteiger partial charge in [0, 0.05) is 31.6 Å². The van der Waals surface area contributed by atoms with E-state index in [1.807, 2.05) is 32.0 Å². The summed E-state index contributed by atoms with van der Waals surface area (Å²) in [5.74, 6) is -1.65. The summed E-state index contributed by atoms with van der Waals surface area (Å²) in [5, 5.41) is 11.5. The molecule has 2 rings (SSSR count). The maximum absolute atomic E-state index is 12.3. The maximum atomic E-state index is 12.3. The highest BCUT2D eigenvalue weighted by Gasteiger charge is 2.35. The summed E-state index contributed by atoms with van der Waals surface area (Å²) in [4.78, 5) is 36.9. The van der Waals surface area contributed by atoms with Gasteiger partial charge in [0.2, 0.25) is 11.8 Å². The molecule has 2 amide bonds. The molecule has 0 aromatic heterocycles. The lowest BCUT2D eigenvalue weighted by Crippen LogP contribution is -2.35. The van der Waals surface area contributed by atoms with Crippen molar-refractivity contribution in [1.82, 2.24) is 5.32 Å². The summed E-state index contributed by atoms with van der Waals surface area (Å²) < 4.78 is 0. The van der Waals surface area contributed by atoms with Crippen LogP contribution in [0.2, 0.25) is 0 Å². The van der Waals surface area contributed by atoms with Crippen molar-refractivity contribution in [3.63, 3.8) is 0 Å². The number of anilines is 1. The molecule has 1 fully saturated rings. The first-order chi connectivity index (χ1) is 11.3. The van der Waals surface area contributed by atoms with Gasteiger partial charge in [-0.15, -0.1) is 0 Å². The van der Waals surface area contributed by atoms with Crippen LogP contribution in [0.4, 0.5) is 5.69 Å². The zero-order chi connectivity index (χ0) is 17.9. The van der Waals surface area contributed by atoms with E-state index in [1.54, 1.807) is 11.8 Å². The molecule has 2 atom stereocenters. The lowest BCUT2D eigenvalue weighted by molar-refractivity contribution is -0.138. The number of hydrogen-bond acceptors (Lipinski definition) is 3. The third kappa shape index (κ3) is 4.13. The van der Waals surface area contributed by atoms with E-state index < -0.39 is 11.9 Å². The average molecular weight is 332 g/mol. The van der Waals surface area contributed by atoms with Crippen molar-refractivity contribution in [1.29, 1.82) is 0 Å². The van der Waals surface area contributed by atoms with E-state index in [2.05, 4.69) is 5.32 Å². The van der Waals surface area contributed by atoms with Crippen LogP contribution in [0.5, 0.6) is 0 Å². The van der Waals surface area contributed by atoms with E-state index in [0.29, 0.717) is 13.1 Å². The number of hydrogen-bond donors (Lipinski definition) is 2. The van der Waals surface area contributed by atoms with E-state index in [1.165, 1.54) is 0 Å². The fourth-order valence-corrected chi connectivity index (χ4v) is 2.93. The zero-order valence-electron chi connectivity index (χ0n) is 14.3. The Bertz CT molecular complexity index is 656. The van der Waals surface area contributed by atoms with Gasteiger partial charge in [0.25, 0.3) is 0 Å². The minimum atomic E-state index is -0.881. The van der Waals surface area contributed by atoms with Gasteiger partial charge in [-0.1, -0.05) is 19.1 Å². The van der Waals surface area contributed by atoms with Gasteiger partial charge in [-0.25, -0.2) is 0 Å². The Kier molecular flexibility index (Phi) is 5.59. The van der Waals surface area contributed by atoms with Crippen LogP contribution in [-0.2, 0) is 14.4 Å². The van der Waals surface area contributed by atoms with Crippen LogP contribution in [0.25, 0.3) is 0 Å². The number of carbonyl (C=O) groups is 3. The van der Waals surface area contributed by atoms with E-state index in [4.69, 9.17) is 5.11 Å². The molecule has 24 heavy (non-hydrogen) atoms. The lowest BCUT2D eigenvalue weighted by atomic mass is 10.1. The Morgan fingerprint density at radius 3 is 2.75 bits per heavy atom. The van der Waals surface area contributed by atoms with Crippen LogP contribution in [0, 0.1) is 25.7 Å². The highest BCUT2D eigenvalue weighted by Crippen LogP contribution is 2.29. The third-order valence-electron chi connectivity index (χ3n) is 4.51. The van der Waals surface area contributed by atoms with Gasteiger partial charge in [-0.3, -0.25) is 14.4 Å². The number of aryl methyl sites for hydroxylation is 1. The Labute approximate surface area is 141 Å². The van der Waals surface area contributed by atoms with Crippen molar-refractivity contribution < 1.29 is 19.5 Å². The van der Waals surface area contributed by atoms with Gasteiger partial charge in [-0.05, 0) is 37.0 Å². The molecule has 2 unspecified atom stereocenters. The smallest absolute Gasteiger partial charge is 0.303 e.